The summed E-state index contributed by atoms with van der Waals surface area (Å²) in [6, 6.07) is 8.61. The molecule has 80 valence electrons. The molecule has 0 bridgehead atoms. The Balaban J connectivity index is 2.38. The van der Waals surface area contributed by atoms with Crippen LogP contribution in [0.25, 0.3) is 0 Å². The minimum atomic E-state index is 0.0603. The Morgan fingerprint density at radius 3 is 2.33 bits per heavy atom. The maximum atomic E-state index is 11.6. The molecule has 0 amide bonds. The first-order chi connectivity index (χ1) is 7.04. The maximum absolute atomic E-state index is 11.6. The van der Waals surface area contributed by atoms with Crippen molar-refractivity contribution >= 4 is 5.78 Å². The SMILES string of the molecule is Cc1ccc(C2(C)CCC(=O)C2C)cc1. The summed E-state index contributed by atoms with van der Waals surface area (Å²) in [5, 5.41) is 0. The molecule has 1 nitrogen and oxygen atoms in total. The standard InChI is InChI=1S/C14H18O/c1-10-4-6-12(7-5-10)14(3)9-8-13(15)11(14)2/h4-7,11H,8-9H2,1-3H3. The van der Waals surface area contributed by atoms with E-state index in [1.54, 1.807) is 0 Å². The van der Waals surface area contributed by atoms with Gasteiger partial charge in [0, 0.05) is 17.8 Å². The fourth-order valence-corrected chi connectivity index (χ4v) is 2.50. The zero-order valence-electron chi connectivity index (χ0n) is 9.71. The number of ketones is 1. The van der Waals surface area contributed by atoms with Crippen LogP contribution >= 0.6 is 0 Å². The second-order valence-electron chi connectivity index (χ2n) is 4.97. The average molecular weight is 202 g/mol. The molecule has 0 aliphatic heterocycles. The molecule has 0 radical (unpaired) electrons. The van der Waals surface area contributed by atoms with E-state index in [1.165, 1.54) is 11.1 Å². The molecule has 1 aliphatic rings. The summed E-state index contributed by atoms with van der Waals surface area (Å²) >= 11 is 0. The Bertz CT molecular complexity index is 377. The highest BCUT2D eigenvalue weighted by Gasteiger charge is 2.42. The van der Waals surface area contributed by atoms with E-state index in [9.17, 15) is 4.79 Å². The van der Waals surface area contributed by atoms with Gasteiger partial charge in [-0.3, -0.25) is 4.79 Å². The van der Waals surface area contributed by atoms with Crippen molar-refractivity contribution in [3.63, 3.8) is 0 Å². The van der Waals surface area contributed by atoms with Crippen LogP contribution in [0, 0.1) is 12.8 Å². The zero-order valence-corrected chi connectivity index (χ0v) is 9.71. The summed E-state index contributed by atoms with van der Waals surface area (Å²) in [4.78, 5) is 11.6. The molecule has 1 fully saturated rings. The molecule has 1 aromatic rings. The number of hydrogen-bond acceptors (Lipinski definition) is 1. The van der Waals surface area contributed by atoms with Crippen LogP contribution in [-0.4, -0.2) is 5.78 Å². The van der Waals surface area contributed by atoms with Gasteiger partial charge in [0.05, 0.1) is 0 Å². The predicted molar refractivity (Wildman–Crippen MR) is 61.9 cm³/mol. The van der Waals surface area contributed by atoms with Gasteiger partial charge in [0.15, 0.2) is 0 Å². The zero-order chi connectivity index (χ0) is 11.1. The molecule has 1 heteroatoms. The van der Waals surface area contributed by atoms with Crippen LogP contribution in [0.1, 0.15) is 37.8 Å². The van der Waals surface area contributed by atoms with Gasteiger partial charge in [-0.2, -0.15) is 0 Å². The Morgan fingerprint density at radius 1 is 1.27 bits per heavy atom. The average Bonchev–Trinajstić information content (AvgIpc) is 2.48. The van der Waals surface area contributed by atoms with Gasteiger partial charge in [-0.05, 0) is 18.9 Å². The van der Waals surface area contributed by atoms with Gasteiger partial charge in [-0.15, -0.1) is 0 Å². The molecular formula is C14H18O. The maximum Gasteiger partial charge on any atom is 0.136 e. The molecule has 0 saturated heterocycles. The molecule has 15 heavy (non-hydrogen) atoms. The molecule has 0 N–H and O–H groups in total. The lowest BCUT2D eigenvalue weighted by atomic mass is 9.74. The molecule has 0 spiro atoms. The van der Waals surface area contributed by atoms with E-state index >= 15 is 0 Å². The quantitative estimate of drug-likeness (QED) is 0.683. The summed E-state index contributed by atoms with van der Waals surface area (Å²) in [5.74, 6) is 0.582. The lowest BCUT2D eigenvalue weighted by Gasteiger charge is -2.28. The minimum absolute atomic E-state index is 0.0603. The van der Waals surface area contributed by atoms with E-state index < -0.39 is 0 Å². The van der Waals surface area contributed by atoms with E-state index in [-0.39, 0.29) is 11.3 Å². The van der Waals surface area contributed by atoms with Gasteiger partial charge in [-0.1, -0.05) is 43.7 Å². The highest BCUT2D eigenvalue weighted by atomic mass is 16.1. The van der Waals surface area contributed by atoms with Crippen molar-refractivity contribution in [2.75, 3.05) is 0 Å². The summed E-state index contributed by atoms with van der Waals surface area (Å²) in [5.41, 5.74) is 2.65. The number of Topliss-reactive ketones (excluding diaryl/α,β-unsaturated/α-hetero) is 1. The third-order valence-electron chi connectivity index (χ3n) is 4.04. The van der Waals surface area contributed by atoms with Crippen molar-refractivity contribution in [2.45, 2.75) is 39.0 Å². The Morgan fingerprint density at radius 2 is 1.87 bits per heavy atom. The van der Waals surface area contributed by atoms with Crippen molar-refractivity contribution in [2.24, 2.45) is 5.92 Å². The van der Waals surface area contributed by atoms with Gasteiger partial charge >= 0.3 is 0 Å². The van der Waals surface area contributed by atoms with Crippen LogP contribution < -0.4 is 0 Å². The van der Waals surface area contributed by atoms with E-state index in [1.807, 2.05) is 0 Å². The molecule has 1 saturated carbocycles. The fourth-order valence-electron chi connectivity index (χ4n) is 2.50. The topological polar surface area (TPSA) is 17.1 Å². The summed E-state index contributed by atoms with van der Waals surface area (Å²) in [7, 11) is 0. The van der Waals surface area contributed by atoms with Crippen LogP contribution in [0.2, 0.25) is 0 Å². The number of rotatable bonds is 1. The largest absolute Gasteiger partial charge is 0.299 e. The van der Waals surface area contributed by atoms with Crippen LogP contribution in [0.5, 0.6) is 0 Å². The predicted octanol–water partition coefficient (Wildman–Crippen LogP) is 3.25. The first kappa shape index (κ1) is 10.4. The van der Waals surface area contributed by atoms with Crippen LogP contribution in [0.3, 0.4) is 0 Å². The molecule has 0 heterocycles. The second kappa shape index (κ2) is 3.48. The highest BCUT2D eigenvalue weighted by molar-refractivity contribution is 5.85. The van der Waals surface area contributed by atoms with Crippen molar-refractivity contribution in [3.05, 3.63) is 35.4 Å². The van der Waals surface area contributed by atoms with E-state index in [0.717, 1.165) is 12.8 Å². The lowest BCUT2D eigenvalue weighted by Crippen LogP contribution is -2.27. The van der Waals surface area contributed by atoms with E-state index in [4.69, 9.17) is 0 Å². The normalized spacial score (nSPS) is 30.9. The van der Waals surface area contributed by atoms with Crippen molar-refractivity contribution in [1.82, 2.24) is 0 Å². The first-order valence-corrected chi connectivity index (χ1v) is 5.64. The van der Waals surface area contributed by atoms with Crippen molar-refractivity contribution < 1.29 is 4.79 Å². The van der Waals surface area contributed by atoms with Crippen LogP contribution in [0.15, 0.2) is 24.3 Å². The third kappa shape index (κ3) is 1.60. The molecule has 1 aromatic carbocycles. The van der Waals surface area contributed by atoms with Crippen molar-refractivity contribution in [1.29, 1.82) is 0 Å². The summed E-state index contributed by atoms with van der Waals surface area (Å²) in [6.07, 6.45) is 1.74. The Hall–Kier alpha value is -1.11. The molecule has 2 unspecified atom stereocenters. The first-order valence-electron chi connectivity index (χ1n) is 5.64. The summed E-state index contributed by atoms with van der Waals surface area (Å²) < 4.78 is 0. The Kier molecular flexibility index (Phi) is 2.41. The number of benzene rings is 1. The van der Waals surface area contributed by atoms with Crippen molar-refractivity contribution in [3.8, 4) is 0 Å². The monoisotopic (exact) mass is 202 g/mol. The minimum Gasteiger partial charge on any atom is -0.299 e. The van der Waals surface area contributed by atoms with Crippen LogP contribution in [0.4, 0.5) is 0 Å². The number of carbonyl (C=O) groups is 1. The van der Waals surface area contributed by atoms with Gasteiger partial charge in [-0.25, -0.2) is 0 Å². The highest BCUT2D eigenvalue weighted by Crippen LogP contribution is 2.43. The lowest BCUT2D eigenvalue weighted by molar-refractivity contribution is -0.120. The number of aryl methyl sites for hydroxylation is 1. The van der Waals surface area contributed by atoms with Gasteiger partial charge in [0.2, 0.25) is 0 Å². The Labute approximate surface area is 91.5 Å². The third-order valence-corrected chi connectivity index (χ3v) is 4.04. The number of hydrogen-bond donors (Lipinski definition) is 0. The number of carbonyl (C=O) groups excluding carboxylic acids is 1. The summed E-state index contributed by atoms with van der Waals surface area (Å²) in [6.45, 7) is 6.37. The van der Waals surface area contributed by atoms with Gasteiger partial charge < -0.3 is 0 Å². The fraction of sp³-hybridized carbons (Fsp3) is 0.500. The molecule has 1 aliphatic carbocycles. The molecule has 0 aromatic heterocycles. The van der Waals surface area contributed by atoms with E-state index in [0.29, 0.717) is 5.78 Å². The molecule has 2 atom stereocenters. The second-order valence-corrected chi connectivity index (χ2v) is 4.97. The van der Waals surface area contributed by atoms with Gasteiger partial charge in [0.25, 0.3) is 0 Å². The van der Waals surface area contributed by atoms with Gasteiger partial charge in [0.1, 0.15) is 5.78 Å². The smallest absolute Gasteiger partial charge is 0.136 e. The van der Waals surface area contributed by atoms with E-state index in [2.05, 4.69) is 45.0 Å². The molecule has 2 rings (SSSR count). The van der Waals surface area contributed by atoms with Crippen LogP contribution in [-0.2, 0) is 10.2 Å². The molecular weight excluding hydrogens is 184 g/mol.